The molecule has 1 aliphatic rings. The maximum atomic E-state index is 13.6. The van der Waals surface area contributed by atoms with Crippen LogP contribution in [0.4, 0.5) is 24.5 Å². The molecule has 212 valence electrons. The van der Waals surface area contributed by atoms with Gasteiger partial charge in [0, 0.05) is 36.6 Å². The van der Waals surface area contributed by atoms with Gasteiger partial charge in [0.1, 0.15) is 18.4 Å². The number of nitrogens with zero attached hydrogens (tertiary/aromatic N) is 3. The Kier molecular flexibility index (Phi) is 7.95. The Balaban J connectivity index is 1.64. The van der Waals surface area contributed by atoms with Gasteiger partial charge in [0.15, 0.2) is 5.11 Å². The predicted octanol–water partition coefficient (Wildman–Crippen LogP) is 5.66. The second-order valence-corrected chi connectivity index (χ2v) is 9.60. The van der Waals surface area contributed by atoms with Crippen molar-refractivity contribution in [1.82, 2.24) is 14.9 Å². The molecule has 0 aliphatic carbocycles. The van der Waals surface area contributed by atoms with Crippen LogP contribution in [0.2, 0.25) is 0 Å². The third kappa shape index (κ3) is 5.74. The van der Waals surface area contributed by atoms with Gasteiger partial charge < -0.3 is 29.6 Å². The fourth-order valence-corrected chi connectivity index (χ4v) is 5.24. The summed E-state index contributed by atoms with van der Waals surface area (Å²) in [4.78, 5) is 18.7. The lowest BCUT2D eigenvalue weighted by Gasteiger charge is -2.29. The maximum absolute atomic E-state index is 13.6. The summed E-state index contributed by atoms with van der Waals surface area (Å²) in [7, 11) is 2.91. The third-order valence-electron chi connectivity index (χ3n) is 6.64. The van der Waals surface area contributed by atoms with E-state index in [-0.39, 0.29) is 12.5 Å². The minimum atomic E-state index is -4.49. The zero-order chi connectivity index (χ0) is 29.1. The van der Waals surface area contributed by atoms with Crippen molar-refractivity contribution in [1.29, 1.82) is 0 Å². The lowest BCUT2D eigenvalue weighted by Crippen LogP contribution is -2.30. The van der Waals surface area contributed by atoms with Gasteiger partial charge in [-0.3, -0.25) is 9.78 Å². The molecule has 12 heteroatoms. The van der Waals surface area contributed by atoms with E-state index in [2.05, 4.69) is 15.6 Å². The minimum Gasteiger partial charge on any atom is -0.495 e. The van der Waals surface area contributed by atoms with Crippen molar-refractivity contribution in [3.05, 3.63) is 102 Å². The average Bonchev–Trinajstić information content (AvgIpc) is 3.57. The van der Waals surface area contributed by atoms with Gasteiger partial charge in [0.25, 0.3) is 0 Å². The molecular weight excluding hydrogens is 555 g/mol. The molecule has 1 aliphatic heterocycles. The van der Waals surface area contributed by atoms with Gasteiger partial charge in [-0.05, 0) is 72.9 Å². The van der Waals surface area contributed by atoms with E-state index in [4.69, 9.17) is 21.7 Å². The average molecular weight is 582 g/mol. The second kappa shape index (κ2) is 11.6. The maximum Gasteiger partial charge on any atom is 0.416 e. The van der Waals surface area contributed by atoms with Crippen molar-refractivity contribution in [3.8, 4) is 11.4 Å². The Morgan fingerprint density at radius 3 is 2.59 bits per heavy atom. The molecule has 0 unspecified atom stereocenters. The number of rotatable bonds is 8. The van der Waals surface area contributed by atoms with Gasteiger partial charge in [0.05, 0.1) is 30.1 Å². The van der Waals surface area contributed by atoms with E-state index >= 15 is 0 Å². The highest BCUT2D eigenvalue weighted by atomic mass is 32.1. The number of hydrogen-bond donors (Lipinski definition) is 2. The van der Waals surface area contributed by atoms with Gasteiger partial charge in [-0.25, -0.2) is 0 Å². The first-order valence-electron chi connectivity index (χ1n) is 12.5. The van der Waals surface area contributed by atoms with E-state index in [0.29, 0.717) is 39.3 Å². The van der Waals surface area contributed by atoms with Crippen molar-refractivity contribution in [2.24, 2.45) is 0 Å². The Morgan fingerprint density at radius 1 is 1.05 bits per heavy atom. The van der Waals surface area contributed by atoms with Crippen molar-refractivity contribution in [3.63, 3.8) is 0 Å². The summed E-state index contributed by atoms with van der Waals surface area (Å²) in [6.45, 7) is -0.147. The van der Waals surface area contributed by atoms with Crippen LogP contribution in [0.1, 0.15) is 29.0 Å². The van der Waals surface area contributed by atoms with Gasteiger partial charge in [-0.1, -0.05) is 12.1 Å². The molecule has 4 aromatic rings. The Morgan fingerprint density at radius 2 is 1.88 bits per heavy atom. The van der Waals surface area contributed by atoms with Gasteiger partial charge in [-0.15, -0.1) is 0 Å². The number of thiocarbonyl (C=S) groups is 1. The molecule has 5 rings (SSSR count). The van der Waals surface area contributed by atoms with E-state index < -0.39 is 23.8 Å². The molecule has 2 aromatic carbocycles. The smallest absolute Gasteiger partial charge is 0.416 e. The molecule has 3 heterocycles. The highest BCUT2D eigenvalue weighted by Gasteiger charge is 2.42. The summed E-state index contributed by atoms with van der Waals surface area (Å²) in [5.74, 6) is 0.0628. The molecule has 0 saturated carbocycles. The standard InChI is InChI=1S/C29H26F3N5O3S/c1-39-17-25(38)34-22-16-20(11-12-24(22)40-2)37-27(26(35-28(37)41)21-9-3-4-13-33-21)23-10-6-14-36(23)19-8-5-7-18(15-19)29(30,31)32/h3-16,26-27H,17H2,1-2H3,(H,34,38)(H,35,41)/t26-,27+/m0/s1. The molecule has 0 spiro atoms. The van der Waals surface area contributed by atoms with E-state index in [9.17, 15) is 18.0 Å². The number of carbonyl (C=O) groups excluding carboxylic acids is 1. The summed E-state index contributed by atoms with van der Waals surface area (Å²) < 4.78 is 52.8. The van der Waals surface area contributed by atoms with Crippen LogP contribution in [0.25, 0.3) is 5.69 Å². The number of benzene rings is 2. The number of hydrogen-bond acceptors (Lipinski definition) is 5. The molecule has 41 heavy (non-hydrogen) atoms. The SMILES string of the molecule is COCC(=O)Nc1cc(N2C(=S)N[C@@H](c3ccccn3)[C@H]2c2cccn2-c2cccc(C(F)(F)F)c2)ccc1OC. The van der Waals surface area contributed by atoms with Crippen LogP contribution in [0.5, 0.6) is 5.75 Å². The quantitative estimate of drug-likeness (QED) is 0.260. The minimum absolute atomic E-state index is 0.147. The van der Waals surface area contributed by atoms with Crippen LogP contribution >= 0.6 is 12.2 Å². The van der Waals surface area contributed by atoms with Crippen molar-refractivity contribution < 1.29 is 27.4 Å². The van der Waals surface area contributed by atoms with Crippen LogP contribution in [-0.4, -0.2) is 41.4 Å². The fraction of sp³-hybridized carbons (Fsp3) is 0.207. The first-order chi connectivity index (χ1) is 19.7. The molecule has 2 atom stereocenters. The summed E-state index contributed by atoms with van der Waals surface area (Å²) >= 11 is 5.80. The zero-order valence-electron chi connectivity index (χ0n) is 22.1. The normalized spacial score (nSPS) is 16.9. The Hall–Kier alpha value is -4.42. The van der Waals surface area contributed by atoms with Gasteiger partial charge in [0.2, 0.25) is 5.91 Å². The number of methoxy groups -OCH3 is 2. The third-order valence-corrected chi connectivity index (χ3v) is 6.96. The highest BCUT2D eigenvalue weighted by Crippen LogP contribution is 2.44. The number of aromatic nitrogens is 2. The summed E-state index contributed by atoms with van der Waals surface area (Å²) in [6, 6.07) is 18.5. The topological polar surface area (TPSA) is 80.7 Å². The molecule has 2 N–H and O–H groups in total. The van der Waals surface area contributed by atoms with Crippen LogP contribution in [0.3, 0.4) is 0 Å². The van der Waals surface area contributed by atoms with Crippen LogP contribution in [-0.2, 0) is 15.7 Å². The van der Waals surface area contributed by atoms with Crippen LogP contribution in [0.15, 0.2) is 85.2 Å². The van der Waals surface area contributed by atoms with E-state index in [1.54, 1.807) is 53.4 Å². The largest absolute Gasteiger partial charge is 0.495 e. The van der Waals surface area contributed by atoms with Crippen molar-refractivity contribution in [2.45, 2.75) is 18.3 Å². The predicted molar refractivity (Wildman–Crippen MR) is 152 cm³/mol. The molecule has 2 aromatic heterocycles. The number of halogens is 3. The van der Waals surface area contributed by atoms with Crippen molar-refractivity contribution in [2.75, 3.05) is 31.0 Å². The molecule has 1 saturated heterocycles. The molecule has 1 fully saturated rings. The van der Waals surface area contributed by atoms with E-state index in [1.807, 2.05) is 23.1 Å². The molecule has 0 radical (unpaired) electrons. The van der Waals surface area contributed by atoms with Crippen LogP contribution in [0, 0.1) is 0 Å². The second-order valence-electron chi connectivity index (χ2n) is 9.21. The van der Waals surface area contributed by atoms with Gasteiger partial charge in [-0.2, -0.15) is 13.2 Å². The van der Waals surface area contributed by atoms with E-state index in [0.717, 1.165) is 12.1 Å². The molecule has 8 nitrogen and oxygen atoms in total. The first-order valence-corrected chi connectivity index (χ1v) is 12.9. The number of pyridine rings is 1. The summed E-state index contributed by atoms with van der Waals surface area (Å²) in [5, 5.41) is 6.51. The monoisotopic (exact) mass is 581 g/mol. The summed E-state index contributed by atoms with van der Waals surface area (Å²) in [6.07, 6.45) is -1.11. The van der Waals surface area contributed by atoms with Crippen molar-refractivity contribution >= 4 is 34.6 Å². The van der Waals surface area contributed by atoms with E-state index in [1.165, 1.54) is 20.3 Å². The zero-order valence-corrected chi connectivity index (χ0v) is 22.9. The lowest BCUT2D eigenvalue weighted by molar-refractivity contribution is -0.137. The van der Waals surface area contributed by atoms with Gasteiger partial charge >= 0.3 is 6.18 Å². The number of alkyl halides is 3. The number of nitrogens with one attached hydrogen (secondary N) is 2. The molecule has 1 amide bonds. The molecular formula is C29H26F3N5O3S. The first kappa shape index (κ1) is 28.1. The number of amides is 1. The number of ether oxygens (including phenoxy) is 2. The summed E-state index contributed by atoms with van der Waals surface area (Å²) in [5.41, 5.74) is 1.99. The fourth-order valence-electron chi connectivity index (χ4n) is 4.90. The Bertz CT molecular complexity index is 1560. The molecule has 0 bridgehead atoms. The lowest BCUT2D eigenvalue weighted by atomic mass is 10.0. The highest BCUT2D eigenvalue weighted by molar-refractivity contribution is 7.80. The number of carbonyl (C=O) groups is 1. The number of anilines is 2. The Labute approximate surface area is 239 Å². The van der Waals surface area contributed by atoms with Crippen LogP contribution < -0.4 is 20.3 Å².